The second-order valence-electron chi connectivity index (χ2n) is 11.6. The van der Waals surface area contributed by atoms with E-state index in [-0.39, 0.29) is 30.9 Å². The summed E-state index contributed by atoms with van der Waals surface area (Å²) in [5.74, 6) is -2.13. The number of hydrogen-bond donors (Lipinski definition) is 1. The third kappa shape index (κ3) is 4.96. The number of ether oxygens (including phenoxy) is 1. The lowest BCUT2D eigenvalue weighted by Crippen LogP contribution is -2.56. The van der Waals surface area contributed by atoms with Crippen LogP contribution in [-0.4, -0.2) is 71.7 Å². The Kier molecular flexibility index (Phi) is 8.66. The van der Waals surface area contributed by atoms with Crippen LogP contribution in [0.5, 0.6) is 0 Å². The van der Waals surface area contributed by atoms with Crippen LogP contribution in [0.1, 0.15) is 36.8 Å². The van der Waals surface area contributed by atoms with E-state index in [0.29, 0.717) is 38.8 Å². The zero-order valence-electron chi connectivity index (χ0n) is 24.6. The lowest BCUT2D eigenvalue weighted by atomic mass is 9.70. The maximum absolute atomic E-state index is 14.7. The number of aliphatic hydroxyl groups excluding tert-OH is 1. The van der Waals surface area contributed by atoms with Crippen LogP contribution < -0.4 is 9.80 Å². The highest BCUT2D eigenvalue weighted by Crippen LogP contribution is 2.59. The molecule has 5 rings (SSSR count). The molecule has 0 saturated carbocycles. The molecule has 8 nitrogen and oxygen atoms in total. The average Bonchev–Trinajstić information content (AvgIpc) is 3.63. The number of amides is 3. The average molecular weight is 572 g/mol. The molecule has 2 aromatic rings. The Morgan fingerprint density at radius 3 is 2.45 bits per heavy atom. The predicted octanol–water partition coefficient (Wildman–Crippen LogP) is 4.19. The monoisotopic (exact) mass is 571 g/mol. The molecule has 3 saturated heterocycles. The van der Waals surface area contributed by atoms with Gasteiger partial charge in [0, 0.05) is 37.6 Å². The summed E-state index contributed by atoms with van der Waals surface area (Å²) in [5, 5.41) is 9.47. The number of anilines is 2. The van der Waals surface area contributed by atoms with Crippen molar-refractivity contribution in [1.29, 1.82) is 0 Å². The van der Waals surface area contributed by atoms with E-state index in [1.165, 1.54) is 0 Å². The summed E-state index contributed by atoms with van der Waals surface area (Å²) >= 11 is 0. The first kappa shape index (κ1) is 29.7. The Bertz CT molecular complexity index is 1360. The largest absolute Gasteiger partial charge is 0.396 e. The number of para-hydroxylation sites is 1. The van der Waals surface area contributed by atoms with E-state index in [4.69, 9.17) is 4.74 Å². The minimum absolute atomic E-state index is 0.00638. The number of carbonyl (C=O) groups is 3. The number of rotatable bonds is 12. The molecular weight excluding hydrogens is 530 g/mol. The molecule has 3 aliphatic rings. The second kappa shape index (κ2) is 12.2. The van der Waals surface area contributed by atoms with Gasteiger partial charge in [0.1, 0.15) is 11.6 Å². The molecule has 222 valence electrons. The first-order chi connectivity index (χ1) is 20.3. The van der Waals surface area contributed by atoms with Crippen molar-refractivity contribution in [3.8, 4) is 0 Å². The minimum atomic E-state index is -1.11. The fraction of sp³-hybridized carbons (Fsp3) is 0.441. The minimum Gasteiger partial charge on any atom is -0.396 e. The van der Waals surface area contributed by atoms with Crippen molar-refractivity contribution in [2.45, 2.75) is 57.3 Å². The quantitative estimate of drug-likeness (QED) is 0.305. The van der Waals surface area contributed by atoms with Crippen molar-refractivity contribution >= 4 is 29.1 Å². The number of aliphatic hydroxyl groups is 1. The van der Waals surface area contributed by atoms with Gasteiger partial charge in [0.25, 0.3) is 5.91 Å². The molecule has 3 aliphatic heterocycles. The fourth-order valence-corrected chi connectivity index (χ4v) is 7.18. The van der Waals surface area contributed by atoms with Crippen LogP contribution in [0.3, 0.4) is 0 Å². The lowest BCUT2D eigenvalue weighted by Gasteiger charge is -2.37. The molecule has 42 heavy (non-hydrogen) atoms. The molecule has 8 heteroatoms. The third-order valence-corrected chi connectivity index (χ3v) is 9.01. The summed E-state index contributed by atoms with van der Waals surface area (Å²) in [6.07, 6.45) is 5.06. The normalized spacial score (nSPS) is 25.8. The van der Waals surface area contributed by atoms with Gasteiger partial charge in [0.05, 0.1) is 17.9 Å². The number of likely N-dealkylation sites (tertiary alicyclic amines) is 1. The van der Waals surface area contributed by atoms with Crippen LogP contribution in [0.2, 0.25) is 0 Å². The van der Waals surface area contributed by atoms with Crippen molar-refractivity contribution in [3.63, 3.8) is 0 Å². The highest BCUT2D eigenvalue weighted by atomic mass is 16.5. The summed E-state index contributed by atoms with van der Waals surface area (Å²) in [7, 11) is 0. The summed E-state index contributed by atoms with van der Waals surface area (Å²) in [5.41, 5.74) is 2.34. The van der Waals surface area contributed by atoms with E-state index in [0.717, 1.165) is 22.5 Å². The highest BCUT2D eigenvalue weighted by molar-refractivity contribution is 6.06. The van der Waals surface area contributed by atoms with Gasteiger partial charge in [-0.25, -0.2) is 0 Å². The van der Waals surface area contributed by atoms with E-state index < -0.39 is 29.6 Å². The van der Waals surface area contributed by atoms with Crippen LogP contribution in [-0.2, 0) is 19.1 Å². The van der Waals surface area contributed by atoms with E-state index in [1.807, 2.05) is 62.4 Å². The standard InChI is InChI=1S/C34H41N3O5/c1-5-18-35(25-12-8-7-9-13-25)31(39)28-27-16-17-34(42-27)29(28)32(40)37(20-10-11-21-38)30(34)33(41)36(19-6-2)26-22-23(3)14-15-24(26)4/h5-9,12-15,22,27-30,38H,1-2,10-11,16-21H2,3-4H3/t27-,28+,29-,30?,34?/m0/s1. The number of carbonyl (C=O) groups excluding carboxylic acids is 3. The Balaban J connectivity index is 1.56. The topological polar surface area (TPSA) is 90.4 Å². The molecular formula is C34H41N3O5. The molecule has 2 bridgehead atoms. The number of aryl methyl sites for hydroxylation is 2. The second-order valence-corrected chi connectivity index (χ2v) is 11.6. The molecule has 5 atom stereocenters. The van der Waals surface area contributed by atoms with Gasteiger partial charge < -0.3 is 24.5 Å². The number of nitrogens with zero attached hydrogens (tertiary/aromatic N) is 3. The SMILES string of the molecule is C=CCN(C(=O)[C@@H]1[C@@H]2CCC3(O2)C(C(=O)N(CC=C)c2cc(C)ccc2C)N(CCCCO)C(=O)[C@H]13)c1ccccc1. The summed E-state index contributed by atoms with van der Waals surface area (Å²) < 4.78 is 6.68. The van der Waals surface area contributed by atoms with Gasteiger partial charge in [-0.3, -0.25) is 14.4 Å². The van der Waals surface area contributed by atoms with Crippen LogP contribution in [0.4, 0.5) is 11.4 Å². The van der Waals surface area contributed by atoms with Crippen molar-refractivity contribution in [2.24, 2.45) is 11.8 Å². The Morgan fingerprint density at radius 1 is 1.05 bits per heavy atom. The van der Waals surface area contributed by atoms with E-state index in [1.54, 1.807) is 26.9 Å². The zero-order chi connectivity index (χ0) is 30.0. The number of fused-ring (bicyclic) bond motifs is 1. The van der Waals surface area contributed by atoms with E-state index in [9.17, 15) is 19.5 Å². The zero-order valence-corrected chi connectivity index (χ0v) is 24.6. The first-order valence-electron chi connectivity index (χ1n) is 14.8. The molecule has 1 spiro atoms. The molecule has 0 aromatic heterocycles. The maximum Gasteiger partial charge on any atom is 0.253 e. The van der Waals surface area contributed by atoms with Crippen LogP contribution in [0.25, 0.3) is 0 Å². The summed E-state index contributed by atoms with van der Waals surface area (Å²) in [4.78, 5) is 48.3. The first-order valence-corrected chi connectivity index (χ1v) is 14.8. The Morgan fingerprint density at radius 2 is 1.76 bits per heavy atom. The third-order valence-electron chi connectivity index (χ3n) is 9.01. The van der Waals surface area contributed by atoms with Crippen LogP contribution >= 0.6 is 0 Å². The van der Waals surface area contributed by atoms with Crippen LogP contribution in [0, 0.1) is 25.7 Å². The predicted molar refractivity (Wildman–Crippen MR) is 163 cm³/mol. The molecule has 2 aromatic carbocycles. The lowest BCUT2D eigenvalue weighted by molar-refractivity contribution is -0.140. The molecule has 2 unspecified atom stereocenters. The van der Waals surface area contributed by atoms with Gasteiger partial charge in [0.15, 0.2) is 0 Å². The number of unbranched alkanes of at least 4 members (excludes halogenated alkanes) is 1. The van der Waals surface area contributed by atoms with Gasteiger partial charge in [0.2, 0.25) is 11.8 Å². The Hall–Kier alpha value is -3.75. The van der Waals surface area contributed by atoms with Crippen LogP contribution in [0.15, 0.2) is 73.8 Å². The van der Waals surface area contributed by atoms with Gasteiger partial charge in [-0.05, 0) is 68.9 Å². The van der Waals surface area contributed by atoms with Gasteiger partial charge in [-0.1, -0.05) is 42.5 Å². The van der Waals surface area contributed by atoms with Gasteiger partial charge >= 0.3 is 0 Å². The summed E-state index contributed by atoms with van der Waals surface area (Å²) in [6, 6.07) is 14.4. The van der Waals surface area contributed by atoms with E-state index >= 15 is 0 Å². The van der Waals surface area contributed by atoms with Crippen molar-refractivity contribution in [2.75, 3.05) is 36.0 Å². The van der Waals surface area contributed by atoms with E-state index in [2.05, 4.69) is 13.2 Å². The number of hydrogen-bond acceptors (Lipinski definition) is 5. The smallest absolute Gasteiger partial charge is 0.253 e. The molecule has 1 N–H and O–H groups in total. The van der Waals surface area contributed by atoms with Gasteiger partial charge in [-0.2, -0.15) is 0 Å². The Labute approximate surface area is 248 Å². The fourth-order valence-electron chi connectivity index (χ4n) is 7.18. The molecule has 3 fully saturated rings. The highest BCUT2D eigenvalue weighted by Gasteiger charge is 2.75. The van der Waals surface area contributed by atoms with Gasteiger partial charge in [-0.15, -0.1) is 13.2 Å². The molecule has 0 aliphatic carbocycles. The molecule has 3 heterocycles. The summed E-state index contributed by atoms with van der Waals surface area (Å²) in [6.45, 7) is 12.6. The van der Waals surface area contributed by atoms with Crippen molar-refractivity contribution in [1.82, 2.24) is 4.90 Å². The molecule has 3 amide bonds. The number of benzene rings is 2. The van der Waals surface area contributed by atoms with Crippen molar-refractivity contribution < 1.29 is 24.2 Å². The van der Waals surface area contributed by atoms with Crippen molar-refractivity contribution in [3.05, 3.63) is 85.0 Å². The maximum atomic E-state index is 14.7. The molecule has 0 radical (unpaired) electrons.